The molecule has 1 unspecified atom stereocenters. The van der Waals surface area contributed by atoms with Gasteiger partial charge in [-0.05, 0) is 18.6 Å². The highest BCUT2D eigenvalue weighted by molar-refractivity contribution is 6.34. The van der Waals surface area contributed by atoms with Gasteiger partial charge in [-0.3, -0.25) is 0 Å². The summed E-state index contributed by atoms with van der Waals surface area (Å²) in [6, 6.07) is 3.34. The van der Waals surface area contributed by atoms with Crippen LogP contribution in [0.15, 0.2) is 18.2 Å². The van der Waals surface area contributed by atoms with E-state index in [1.807, 2.05) is 0 Å². The summed E-state index contributed by atoms with van der Waals surface area (Å²) in [5.41, 5.74) is 1.21. The van der Waals surface area contributed by atoms with Crippen molar-refractivity contribution in [3.8, 4) is 12.3 Å². The molecule has 0 radical (unpaired) electrons. The smallest absolute Gasteiger partial charge is 0.327 e. The standard InChI is InChI=1S/C13H13ClN2O3/c1-3-5-10(12(17)18)16-13(19)15-9-7-4-6-8(2)11(9)14/h1,4,6-7,10H,5H2,2H3,(H,17,18)(H2,15,16,19). The lowest BCUT2D eigenvalue weighted by atomic mass is 10.2. The van der Waals surface area contributed by atoms with Crippen LogP contribution in [0.5, 0.6) is 0 Å². The number of carbonyl (C=O) groups is 2. The largest absolute Gasteiger partial charge is 0.480 e. The van der Waals surface area contributed by atoms with Gasteiger partial charge in [0, 0.05) is 6.42 Å². The zero-order valence-electron chi connectivity index (χ0n) is 10.2. The van der Waals surface area contributed by atoms with Gasteiger partial charge in [0.1, 0.15) is 6.04 Å². The molecule has 1 rings (SSSR count). The molecular formula is C13H13ClN2O3. The Bertz CT molecular complexity index is 537. The highest BCUT2D eigenvalue weighted by Crippen LogP contribution is 2.24. The van der Waals surface area contributed by atoms with Gasteiger partial charge in [-0.2, -0.15) is 0 Å². The molecular weight excluding hydrogens is 268 g/mol. The summed E-state index contributed by atoms with van der Waals surface area (Å²) in [4.78, 5) is 22.5. The minimum absolute atomic E-state index is 0.0930. The second-order valence-electron chi connectivity index (χ2n) is 3.83. The monoisotopic (exact) mass is 280 g/mol. The molecule has 1 aromatic rings. The lowest BCUT2D eigenvalue weighted by molar-refractivity contribution is -0.139. The van der Waals surface area contributed by atoms with Crippen molar-refractivity contribution in [3.05, 3.63) is 28.8 Å². The van der Waals surface area contributed by atoms with Crippen LogP contribution >= 0.6 is 11.6 Å². The van der Waals surface area contributed by atoms with Gasteiger partial charge in [-0.15, -0.1) is 12.3 Å². The summed E-state index contributed by atoms with van der Waals surface area (Å²) in [5.74, 6) is 0.998. The number of amides is 2. The summed E-state index contributed by atoms with van der Waals surface area (Å²) in [5, 5.41) is 14.0. The van der Waals surface area contributed by atoms with Gasteiger partial charge < -0.3 is 15.7 Å². The molecule has 0 aliphatic heterocycles. The second-order valence-corrected chi connectivity index (χ2v) is 4.21. The molecule has 0 saturated heterocycles. The number of benzene rings is 1. The van der Waals surface area contributed by atoms with Crippen molar-refractivity contribution in [2.75, 3.05) is 5.32 Å². The van der Waals surface area contributed by atoms with Crippen molar-refractivity contribution >= 4 is 29.3 Å². The number of hydrogen-bond acceptors (Lipinski definition) is 2. The van der Waals surface area contributed by atoms with Gasteiger partial charge >= 0.3 is 12.0 Å². The summed E-state index contributed by atoms with van der Waals surface area (Å²) in [6.45, 7) is 1.80. The summed E-state index contributed by atoms with van der Waals surface area (Å²) >= 11 is 6.01. The predicted molar refractivity (Wildman–Crippen MR) is 73.2 cm³/mol. The quantitative estimate of drug-likeness (QED) is 0.740. The van der Waals surface area contributed by atoms with E-state index in [4.69, 9.17) is 23.1 Å². The van der Waals surface area contributed by atoms with Crippen LogP contribution < -0.4 is 10.6 Å². The van der Waals surface area contributed by atoms with Crippen LogP contribution in [0.4, 0.5) is 10.5 Å². The first-order chi connectivity index (χ1) is 8.95. The lowest BCUT2D eigenvalue weighted by Gasteiger charge is -2.14. The third-order valence-corrected chi connectivity index (χ3v) is 2.87. The molecule has 1 atom stereocenters. The summed E-state index contributed by atoms with van der Waals surface area (Å²) in [7, 11) is 0. The number of urea groups is 1. The van der Waals surface area contributed by atoms with Crippen molar-refractivity contribution in [2.45, 2.75) is 19.4 Å². The van der Waals surface area contributed by atoms with Gasteiger partial charge in [0.05, 0.1) is 10.7 Å². The number of aryl methyl sites for hydroxylation is 1. The SMILES string of the molecule is C#CCC(NC(=O)Nc1cccc(C)c1Cl)C(=O)O. The summed E-state index contributed by atoms with van der Waals surface area (Å²) < 4.78 is 0. The molecule has 5 nitrogen and oxygen atoms in total. The molecule has 2 amide bonds. The fraction of sp³-hybridized carbons (Fsp3) is 0.231. The van der Waals surface area contributed by atoms with Gasteiger partial charge in [0.25, 0.3) is 0 Å². The molecule has 19 heavy (non-hydrogen) atoms. The maximum atomic E-state index is 11.7. The van der Waals surface area contributed by atoms with E-state index in [-0.39, 0.29) is 6.42 Å². The first-order valence-corrected chi connectivity index (χ1v) is 5.82. The molecule has 0 bridgehead atoms. The molecule has 0 heterocycles. The molecule has 1 aromatic carbocycles. The molecule has 0 saturated carbocycles. The number of carboxylic acid groups (broad SMARTS) is 1. The van der Waals surface area contributed by atoms with E-state index >= 15 is 0 Å². The van der Waals surface area contributed by atoms with Crippen molar-refractivity contribution in [3.63, 3.8) is 0 Å². The number of aliphatic carboxylic acids is 1. The van der Waals surface area contributed by atoms with Crippen molar-refractivity contribution in [1.82, 2.24) is 5.32 Å². The minimum Gasteiger partial charge on any atom is -0.480 e. The first-order valence-electron chi connectivity index (χ1n) is 5.44. The van der Waals surface area contributed by atoms with E-state index in [9.17, 15) is 9.59 Å². The average Bonchev–Trinajstić information content (AvgIpc) is 2.34. The topological polar surface area (TPSA) is 78.4 Å². The van der Waals surface area contributed by atoms with Crippen LogP contribution in [0.25, 0.3) is 0 Å². The van der Waals surface area contributed by atoms with Crippen LogP contribution in [0.3, 0.4) is 0 Å². The maximum Gasteiger partial charge on any atom is 0.327 e. The minimum atomic E-state index is -1.19. The van der Waals surface area contributed by atoms with Crippen LogP contribution in [-0.2, 0) is 4.79 Å². The van der Waals surface area contributed by atoms with Crippen molar-refractivity contribution in [1.29, 1.82) is 0 Å². The number of hydrogen-bond donors (Lipinski definition) is 3. The van der Waals surface area contributed by atoms with Crippen LogP contribution in [0, 0.1) is 19.3 Å². The summed E-state index contributed by atoms with van der Waals surface area (Å²) in [6.07, 6.45) is 4.94. The molecule has 6 heteroatoms. The number of nitrogens with one attached hydrogen (secondary N) is 2. The lowest BCUT2D eigenvalue weighted by Crippen LogP contribution is -2.42. The van der Waals surface area contributed by atoms with E-state index in [1.54, 1.807) is 25.1 Å². The molecule has 0 aliphatic carbocycles. The Balaban J connectivity index is 2.72. The van der Waals surface area contributed by atoms with Crippen LogP contribution in [0.1, 0.15) is 12.0 Å². The normalized spacial score (nSPS) is 11.2. The zero-order chi connectivity index (χ0) is 14.4. The third-order valence-electron chi connectivity index (χ3n) is 2.37. The fourth-order valence-electron chi connectivity index (χ4n) is 1.38. The molecule has 100 valence electrons. The number of rotatable bonds is 4. The van der Waals surface area contributed by atoms with Gasteiger partial charge in [0.15, 0.2) is 0 Å². The van der Waals surface area contributed by atoms with E-state index in [2.05, 4.69) is 16.6 Å². The third kappa shape index (κ3) is 4.19. The zero-order valence-corrected chi connectivity index (χ0v) is 11.0. The second kappa shape index (κ2) is 6.66. The molecule has 0 fully saturated rings. The van der Waals surface area contributed by atoms with Gasteiger partial charge in [-0.1, -0.05) is 23.7 Å². The number of terminal acetylenes is 1. The number of anilines is 1. The van der Waals surface area contributed by atoms with Crippen LogP contribution in [-0.4, -0.2) is 23.1 Å². The number of carboxylic acids is 1. The molecule has 3 N–H and O–H groups in total. The molecule has 0 spiro atoms. The van der Waals surface area contributed by atoms with E-state index in [0.717, 1.165) is 5.56 Å². The first kappa shape index (κ1) is 14.9. The molecule has 0 aromatic heterocycles. The molecule has 0 aliphatic rings. The Kier molecular flexibility index (Phi) is 5.22. The maximum absolute atomic E-state index is 11.7. The van der Waals surface area contributed by atoms with Crippen molar-refractivity contribution < 1.29 is 14.7 Å². The number of carbonyl (C=O) groups excluding carboxylic acids is 1. The van der Waals surface area contributed by atoms with Gasteiger partial charge in [-0.25, -0.2) is 9.59 Å². The Labute approximate surface area is 116 Å². The Hall–Kier alpha value is -2.19. The Morgan fingerprint density at radius 1 is 1.53 bits per heavy atom. The fourth-order valence-corrected chi connectivity index (χ4v) is 1.55. The van der Waals surface area contributed by atoms with E-state index < -0.39 is 18.0 Å². The number of halogens is 1. The average molecular weight is 281 g/mol. The van der Waals surface area contributed by atoms with Crippen molar-refractivity contribution in [2.24, 2.45) is 0 Å². The van der Waals surface area contributed by atoms with E-state index in [0.29, 0.717) is 10.7 Å². The highest BCUT2D eigenvalue weighted by atomic mass is 35.5. The highest BCUT2D eigenvalue weighted by Gasteiger charge is 2.19. The van der Waals surface area contributed by atoms with Gasteiger partial charge in [0.2, 0.25) is 0 Å². The van der Waals surface area contributed by atoms with E-state index in [1.165, 1.54) is 0 Å². The Morgan fingerprint density at radius 3 is 2.79 bits per heavy atom. The Morgan fingerprint density at radius 2 is 2.21 bits per heavy atom. The van der Waals surface area contributed by atoms with Crippen LogP contribution in [0.2, 0.25) is 5.02 Å². The predicted octanol–water partition coefficient (Wildman–Crippen LogP) is 2.25.